The van der Waals surface area contributed by atoms with Crippen LogP contribution in [0, 0.1) is 0 Å². The molecule has 6 nitrogen and oxygen atoms in total. The second-order valence-corrected chi connectivity index (χ2v) is 5.47. The zero-order chi connectivity index (χ0) is 13.2. The maximum absolute atomic E-state index is 11.7. The summed E-state index contributed by atoms with van der Waals surface area (Å²) >= 11 is 0. The highest BCUT2D eigenvalue weighted by Gasteiger charge is 2.18. The molecule has 0 spiro atoms. The predicted molar refractivity (Wildman–Crippen MR) is 60.5 cm³/mol. The number of phenols is 1. The van der Waals surface area contributed by atoms with Crippen LogP contribution in [0.15, 0.2) is 23.1 Å². The summed E-state index contributed by atoms with van der Waals surface area (Å²) in [5.74, 6) is -1.90. The lowest BCUT2D eigenvalue weighted by Crippen LogP contribution is -2.30. The maximum atomic E-state index is 11.7. The van der Waals surface area contributed by atoms with E-state index in [1.165, 1.54) is 0 Å². The third kappa shape index (κ3) is 3.18. The Morgan fingerprint density at radius 3 is 2.35 bits per heavy atom. The molecular weight excluding hydrogens is 246 g/mol. The van der Waals surface area contributed by atoms with Crippen molar-refractivity contribution in [3.05, 3.63) is 23.8 Å². The Hall–Kier alpha value is -1.60. The van der Waals surface area contributed by atoms with Crippen LogP contribution < -0.4 is 4.72 Å². The van der Waals surface area contributed by atoms with Gasteiger partial charge in [0.2, 0.25) is 10.0 Å². The normalized spacial score (nSPS) is 11.7. The van der Waals surface area contributed by atoms with E-state index in [1.807, 2.05) is 0 Å². The first-order valence-corrected chi connectivity index (χ1v) is 6.31. The Morgan fingerprint density at radius 1 is 1.35 bits per heavy atom. The number of benzene rings is 1. The summed E-state index contributed by atoms with van der Waals surface area (Å²) in [6.07, 6.45) is 0. The Kier molecular flexibility index (Phi) is 3.74. The molecule has 0 amide bonds. The van der Waals surface area contributed by atoms with Gasteiger partial charge < -0.3 is 10.2 Å². The van der Waals surface area contributed by atoms with Gasteiger partial charge in [-0.15, -0.1) is 0 Å². The van der Waals surface area contributed by atoms with Crippen LogP contribution in [0.4, 0.5) is 0 Å². The van der Waals surface area contributed by atoms with Gasteiger partial charge in [0, 0.05) is 12.1 Å². The van der Waals surface area contributed by atoms with Crippen molar-refractivity contribution in [3.63, 3.8) is 0 Å². The van der Waals surface area contributed by atoms with Crippen LogP contribution in [0.2, 0.25) is 0 Å². The zero-order valence-electron chi connectivity index (χ0n) is 9.34. The van der Waals surface area contributed by atoms with E-state index >= 15 is 0 Å². The molecule has 0 bridgehead atoms. The van der Waals surface area contributed by atoms with Crippen LogP contribution in [-0.4, -0.2) is 30.6 Å². The molecule has 0 aliphatic heterocycles. The summed E-state index contributed by atoms with van der Waals surface area (Å²) in [5.41, 5.74) is -0.339. The van der Waals surface area contributed by atoms with Crippen molar-refractivity contribution in [2.24, 2.45) is 0 Å². The van der Waals surface area contributed by atoms with Crippen LogP contribution in [-0.2, 0) is 10.0 Å². The fraction of sp³-hybridized carbons (Fsp3) is 0.300. The summed E-state index contributed by atoms with van der Waals surface area (Å²) in [6.45, 7) is 3.31. The van der Waals surface area contributed by atoms with Crippen molar-refractivity contribution in [1.82, 2.24) is 4.72 Å². The van der Waals surface area contributed by atoms with E-state index in [2.05, 4.69) is 4.72 Å². The van der Waals surface area contributed by atoms with Gasteiger partial charge in [0.15, 0.2) is 0 Å². The van der Waals surface area contributed by atoms with Gasteiger partial charge in [-0.3, -0.25) is 0 Å². The molecule has 0 aromatic heterocycles. The molecule has 0 saturated heterocycles. The molecule has 0 aliphatic carbocycles. The van der Waals surface area contributed by atoms with Gasteiger partial charge in [-0.1, -0.05) is 0 Å². The summed E-state index contributed by atoms with van der Waals surface area (Å²) in [4.78, 5) is 10.5. The Bertz CT molecular complexity index is 536. The third-order valence-corrected chi connectivity index (χ3v) is 3.56. The first-order chi connectivity index (χ1) is 7.74. The highest BCUT2D eigenvalue weighted by molar-refractivity contribution is 7.89. The van der Waals surface area contributed by atoms with Crippen LogP contribution in [0.25, 0.3) is 0 Å². The Balaban J connectivity index is 3.18. The summed E-state index contributed by atoms with van der Waals surface area (Å²) in [5, 5.41) is 18.1. The molecule has 3 N–H and O–H groups in total. The number of carboxylic acids is 1. The van der Waals surface area contributed by atoms with Gasteiger partial charge in [-0.25, -0.2) is 17.9 Å². The van der Waals surface area contributed by atoms with Crippen molar-refractivity contribution in [2.45, 2.75) is 24.8 Å². The smallest absolute Gasteiger partial charge is 0.339 e. The number of sulfonamides is 1. The lowest BCUT2D eigenvalue weighted by Gasteiger charge is -2.10. The molecule has 0 heterocycles. The van der Waals surface area contributed by atoms with Crippen LogP contribution in [0.3, 0.4) is 0 Å². The van der Waals surface area contributed by atoms with E-state index in [4.69, 9.17) is 5.11 Å². The van der Waals surface area contributed by atoms with Crippen molar-refractivity contribution in [2.75, 3.05) is 0 Å². The van der Waals surface area contributed by atoms with Crippen LogP contribution >= 0.6 is 0 Å². The lowest BCUT2D eigenvalue weighted by molar-refractivity contribution is 0.0693. The van der Waals surface area contributed by atoms with Gasteiger partial charge in [-0.05, 0) is 26.0 Å². The Labute approximate surface area is 99.0 Å². The molecule has 0 radical (unpaired) electrons. The first-order valence-electron chi connectivity index (χ1n) is 4.82. The number of rotatable bonds is 4. The SMILES string of the molecule is CC(C)NS(=O)(=O)c1ccc(C(=O)O)c(O)c1. The molecule has 0 unspecified atom stereocenters. The molecule has 1 aromatic carbocycles. The van der Waals surface area contributed by atoms with E-state index in [0.29, 0.717) is 0 Å². The monoisotopic (exact) mass is 259 g/mol. The quantitative estimate of drug-likeness (QED) is 0.741. The van der Waals surface area contributed by atoms with Gasteiger partial charge in [0.1, 0.15) is 11.3 Å². The minimum absolute atomic E-state index is 0.172. The minimum atomic E-state index is -3.73. The average Bonchev–Trinajstić information content (AvgIpc) is 2.14. The largest absolute Gasteiger partial charge is 0.507 e. The average molecular weight is 259 g/mol. The highest BCUT2D eigenvalue weighted by Crippen LogP contribution is 2.21. The fourth-order valence-corrected chi connectivity index (χ4v) is 2.51. The molecule has 0 saturated carbocycles. The van der Waals surface area contributed by atoms with Gasteiger partial charge in [0.05, 0.1) is 4.90 Å². The van der Waals surface area contributed by atoms with E-state index in [-0.39, 0.29) is 16.5 Å². The fourth-order valence-electron chi connectivity index (χ4n) is 1.24. The summed E-state index contributed by atoms with van der Waals surface area (Å²) in [7, 11) is -3.73. The molecule has 1 aromatic rings. The Morgan fingerprint density at radius 2 is 1.94 bits per heavy atom. The van der Waals surface area contributed by atoms with Crippen molar-refractivity contribution in [1.29, 1.82) is 0 Å². The molecule has 0 fully saturated rings. The second kappa shape index (κ2) is 4.72. The second-order valence-electron chi connectivity index (χ2n) is 3.76. The van der Waals surface area contributed by atoms with Crippen LogP contribution in [0.5, 0.6) is 5.75 Å². The van der Waals surface area contributed by atoms with Crippen molar-refractivity contribution < 1.29 is 23.4 Å². The summed E-state index contributed by atoms with van der Waals surface area (Å²) < 4.78 is 25.7. The molecule has 94 valence electrons. The number of aromatic hydroxyl groups is 1. The van der Waals surface area contributed by atoms with Crippen molar-refractivity contribution in [3.8, 4) is 5.75 Å². The number of carboxylic acid groups (broad SMARTS) is 1. The molecule has 7 heteroatoms. The van der Waals surface area contributed by atoms with Gasteiger partial charge in [-0.2, -0.15) is 0 Å². The van der Waals surface area contributed by atoms with E-state index in [1.54, 1.807) is 13.8 Å². The van der Waals surface area contributed by atoms with E-state index in [9.17, 15) is 18.3 Å². The first kappa shape index (κ1) is 13.5. The maximum Gasteiger partial charge on any atom is 0.339 e. The number of aromatic carboxylic acids is 1. The molecule has 0 atom stereocenters. The highest BCUT2D eigenvalue weighted by atomic mass is 32.2. The third-order valence-electron chi connectivity index (χ3n) is 1.90. The molecule has 0 aliphatic rings. The van der Waals surface area contributed by atoms with Gasteiger partial charge >= 0.3 is 5.97 Å². The molecule has 17 heavy (non-hydrogen) atoms. The number of carbonyl (C=O) groups is 1. The topological polar surface area (TPSA) is 104 Å². The zero-order valence-corrected chi connectivity index (χ0v) is 10.2. The van der Waals surface area contributed by atoms with Crippen molar-refractivity contribution >= 4 is 16.0 Å². The lowest BCUT2D eigenvalue weighted by atomic mass is 10.2. The van der Waals surface area contributed by atoms with E-state index < -0.39 is 21.7 Å². The summed E-state index contributed by atoms with van der Waals surface area (Å²) in [6, 6.07) is 2.80. The number of hydrogen-bond acceptors (Lipinski definition) is 4. The number of hydrogen-bond donors (Lipinski definition) is 3. The van der Waals surface area contributed by atoms with Crippen LogP contribution in [0.1, 0.15) is 24.2 Å². The van der Waals surface area contributed by atoms with E-state index in [0.717, 1.165) is 18.2 Å². The molecular formula is C10H13NO5S. The molecule has 1 rings (SSSR count). The standard InChI is InChI=1S/C10H13NO5S/c1-6(2)11-17(15,16)7-3-4-8(10(13)14)9(12)5-7/h3-6,11-12H,1-2H3,(H,13,14). The van der Waals surface area contributed by atoms with Gasteiger partial charge in [0.25, 0.3) is 0 Å². The number of nitrogens with one attached hydrogen (secondary N) is 1. The minimum Gasteiger partial charge on any atom is -0.507 e. The predicted octanol–water partition coefficient (Wildman–Crippen LogP) is 0.777.